The zero-order chi connectivity index (χ0) is 15.2. The maximum Gasteiger partial charge on any atom is 0.142 e. The zero-order valence-electron chi connectivity index (χ0n) is 12.1. The van der Waals surface area contributed by atoms with Crippen LogP contribution in [0.4, 0.5) is 11.4 Å². The predicted octanol–water partition coefficient (Wildman–Crippen LogP) is 4.04. The number of hydrogen-bond acceptors (Lipinski definition) is 5. The molecule has 0 bridgehead atoms. The van der Waals surface area contributed by atoms with E-state index in [1.54, 1.807) is 26.0 Å². The molecule has 0 unspecified atom stereocenters. The van der Waals surface area contributed by atoms with Crippen molar-refractivity contribution in [1.29, 1.82) is 5.26 Å². The molecular formula is C16H16N2O2S. The molecule has 0 atom stereocenters. The normalized spacial score (nSPS) is 9.81. The van der Waals surface area contributed by atoms with Crippen LogP contribution in [0.5, 0.6) is 11.5 Å². The van der Waals surface area contributed by atoms with Gasteiger partial charge in [0.2, 0.25) is 0 Å². The molecule has 0 aromatic heterocycles. The van der Waals surface area contributed by atoms with Crippen molar-refractivity contribution in [3.63, 3.8) is 0 Å². The molecule has 21 heavy (non-hydrogen) atoms. The number of methoxy groups -OCH3 is 2. The summed E-state index contributed by atoms with van der Waals surface area (Å²) < 4.78 is 10.6. The lowest BCUT2D eigenvalue weighted by Gasteiger charge is -2.14. The van der Waals surface area contributed by atoms with Crippen LogP contribution in [0.25, 0.3) is 0 Å². The van der Waals surface area contributed by atoms with Gasteiger partial charge in [-0.25, -0.2) is 0 Å². The largest absolute Gasteiger partial charge is 0.497 e. The summed E-state index contributed by atoms with van der Waals surface area (Å²) in [4.78, 5) is 0.935. The average molecular weight is 300 g/mol. The van der Waals surface area contributed by atoms with Crippen LogP contribution < -0.4 is 14.8 Å². The van der Waals surface area contributed by atoms with E-state index in [4.69, 9.17) is 9.47 Å². The van der Waals surface area contributed by atoms with Crippen molar-refractivity contribution in [2.75, 3.05) is 25.8 Å². The molecule has 0 amide bonds. The van der Waals surface area contributed by atoms with Gasteiger partial charge in [0.25, 0.3) is 0 Å². The molecule has 2 rings (SSSR count). The molecule has 0 saturated carbocycles. The fourth-order valence-corrected chi connectivity index (χ4v) is 2.55. The molecule has 0 saturated heterocycles. The first-order valence-corrected chi connectivity index (χ1v) is 7.52. The monoisotopic (exact) mass is 300 g/mol. The molecule has 1 N–H and O–H groups in total. The van der Waals surface area contributed by atoms with Gasteiger partial charge < -0.3 is 14.8 Å². The van der Waals surface area contributed by atoms with E-state index in [1.165, 1.54) is 0 Å². The fraction of sp³-hybridized carbons (Fsp3) is 0.188. The van der Waals surface area contributed by atoms with Gasteiger partial charge in [0.1, 0.15) is 17.6 Å². The minimum Gasteiger partial charge on any atom is -0.497 e. The molecule has 2 aromatic rings. The van der Waals surface area contributed by atoms with Gasteiger partial charge in [-0.1, -0.05) is 6.07 Å². The second-order valence-corrected chi connectivity index (χ2v) is 5.03. The Morgan fingerprint density at radius 1 is 1.10 bits per heavy atom. The molecular weight excluding hydrogens is 284 g/mol. The van der Waals surface area contributed by atoms with Gasteiger partial charge in [-0.05, 0) is 30.5 Å². The lowest BCUT2D eigenvalue weighted by molar-refractivity contribution is 0.405. The summed E-state index contributed by atoms with van der Waals surface area (Å²) >= 11 is 1.54. The molecule has 5 heteroatoms. The third-order valence-corrected chi connectivity index (χ3v) is 3.81. The standard InChI is InChI=1S/C16H16N2O2S/c1-19-11-7-8-15(20-2)14(9-11)18-13-5-4-6-16(21-3)12(13)10-17/h4-9,18H,1-3H3. The van der Waals surface area contributed by atoms with Crippen molar-refractivity contribution in [3.8, 4) is 17.6 Å². The van der Waals surface area contributed by atoms with Crippen LogP contribution in [0.1, 0.15) is 5.56 Å². The van der Waals surface area contributed by atoms with Crippen molar-refractivity contribution in [2.24, 2.45) is 0 Å². The Morgan fingerprint density at radius 3 is 2.52 bits per heavy atom. The average Bonchev–Trinajstić information content (AvgIpc) is 2.54. The van der Waals surface area contributed by atoms with Gasteiger partial charge in [0.05, 0.1) is 31.2 Å². The fourth-order valence-electron chi connectivity index (χ4n) is 1.98. The molecule has 0 spiro atoms. The van der Waals surface area contributed by atoms with Crippen molar-refractivity contribution in [1.82, 2.24) is 0 Å². The highest BCUT2D eigenvalue weighted by Gasteiger charge is 2.11. The van der Waals surface area contributed by atoms with Crippen molar-refractivity contribution in [3.05, 3.63) is 42.0 Å². The van der Waals surface area contributed by atoms with Crippen LogP contribution in [0.2, 0.25) is 0 Å². The highest BCUT2D eigenvalue weighted by atomic mass is 32.2. The van der Waals surface area contributed by atoms with E-state index in [0.717, 1.165) is 22.0 Å². The summed E-state index contributed by atoms with van der Waals surface area (Å²) in [5.41, 5.74) is 2.12. The first kappa shape index (κ1) is 15.1. The van der Waals surface area contributed by atoms with Crippen LogP contribution in [-0.2, 0) is 0 Å². The van der Waals surface area contributed by atoms with E-state index in [0.29, 0.717) is 11.3 Å². The first-order chi connectivity index (χ1) is 10.2. The second kappa shape index (κ2) is 6.91. The van der Waals surface area contributed by atoms with E-state index < -0.39 is 0 Å². The van der Waals surface area contributed by atoms with E-state index in [9.17, 15) is 5.26 Å². The Bertz CT molecular complexity index is 680. The summed E-state index contributed by atoms with van der Waals surface area (Å²) in [6, 6.07) is 13.5. The third kappa shape index (κ3) is 3.23. The topological polar surface area (TPSA) is 54.3 Å². The number of anilines is 2. The van der Waals surface area contributed by atoms with Crippen molar-refractivity contribution < 1.29 is 9.47 Å². The molecule has 108 valence electrons. The maximum absolute atomic E-state index is 9.38. The number of nitrogens with one attached hydrogen (secondary N) is 1. The van der Waals surface area contributed by atoms with Crippen LogP contribution in [0.15, 0.2) is 41.3 Å². The van der Waals surface area contributed by atoms with Gasteiger partial charge in [-0.3, -0.25) is 0 Å². The van der Waals surface area contributed by atoms with Gasteiger partial charge in [0.15, 0.2) is 0 Å². The Morgan fingerprint density at radius 2 is 1.90 bits per heavy atom. The Balaban J connectivity index is 2.45. The SMILES string of the molecule is COc1ccc(OC)c(Nc2cccc(SC)c2C#N)c1. The van der Waals surface area contributed by atoms with Crippen molar-refractivity contribution >= 4 is 23.1 Å². The number of hydrogen-bond donors (Lipinski definition) is 1. The smallest absolute Gasteiger partial charge is 0.142 e. The number of thioether (sulfide) groups is 1. The number of nitrogens with zero attached hydrogens (tertiary/aromatic N) is 1. The predicted molar refractivity (Wildman–Crippen MR) is 85.8 cm³/mol. The summed E-state index contributed by atoms with van der Waals surface area (Å²) in [6.07, 6.45) is 1.95. The van der Waals surface area contributed by atoms with Gasteiger partial charge in [-0.15, -0.1) is 11.8 Å². The van der Waals surface area contributed by atoms with E-state index >= 15 is 0 Å². The van der Waals surface area contributed by atoms with Crippen LogP contribution >= 0.6 is 11.8 Å². The summed E-state index contributed by atoms with van der Waals surface area (Å²) in [6.45, 7) is 0. The van der Waals surface area contributed by atoms with Gasteiger partial charge >= 0.3 is 0 Å². The van der Waals surface area contributed by atoms with Gasteiger partial charge in [-0.2, -0.15) is 5.26 Å². The second-order valence-electron chi connectivity index (χ2n) is 4.19. The molecule has 0 heterocycles. The highest BCUT2D eigenvalue weighted by Crippen LogP contribution is 2.34. The van der Waals surface area contributed by atoms with Crippen LogP contribution in [0, 0.1) is 11.3 Å². The van der Waals surface area contributed by atoms with Crippen LogP contribution in [0.3, 0.4) is 0 Å². The summed E-state index contributed by atoms with van der Waals surface area (Å²) in [5.74, 6) is 1.41. The molecule has 0 aliphatic carbocycles. The number of benzene rings is 2. The van der Waals surface area contributed by atoms with Crippen LogP contribution in [-0.4, -0.2) is 20.5 Å². The molecule has 4 nitrogen and oxygen atoms in total. The molecule has 0 radical (unpaired) electrons. The van der Waals surface area contributed by atoms with E-state index in [1.807, 2.05) is 42.7 Å². The molecule has 0 aliphatic heterocycles. The lowest BCUT2D eigenvalue weighted by atomic mass is 10.1. The first-order valence-electron chi connectivity index (χ1n) is 6.29. The quantitative estimate of drug-likeness (QED) is 0.845. The number of ether oxygens (including phenoxy) is 2. The van der Waals surface area contributed by atoms with Gasteiger partial charge in [0, 0.05) is 11.0 Å². The Hall–Kier alpha value is -2.32. The minimum atomic E-state index is 0.620. The number of rotatable bonds is 5. The molecule has 0 fully saturated rings. The zero-order valence-corrected chi connectivity index (χ0v) is 13.0. The highest BCUT2D eigenvalue weighted by molar-refractivity contribution is 7.98. The summed E-state index contributed by atoms with van der Waals surface area (Å²) in [7, 11) is 3.22. The van der Waals surface area contributed by atoms with E-state index in [-0.39, 0.29) is 0 Å². The Kier molecular flexibility index (Phi) is 4.96. The maximum atomic E-state index is 9.38. The van der Waals surface area contributed by atoms with E-state index in [2.05, 4.69) is 11.4 Å². The minimum absolute atomic E-state index is 0.620. The third-order valence-electron chi connectivity index (χ3n) is 3.03. The summed E-state index contributed by atoms with van der Waals surface area (Å²) in [5, 5.41) is 12.6. The molecule has 0 aliphatic rings. The van der Waals surface area contributed by atoms with Crippen molar-refractivity contribution in [2.45, 2.75) is 4.90 Å². The Labute approximate surface area is 128 Å². The number of nitriles is 1. The molecule has 2 aromatic carbocycles. The lowest BCUT2D eigenvalue weighted by Crippen LogP contribution is -1.98.